The summed E-state index contributed by atoms with van der Waals surface area (Å²) in [5.41, 5.74) is 0. The van der Waals surface area contributed by atoms with Gasteiger partial charge in [0.1, 0.15) is 0 Å². The van der Waals surface area contributed by atoms with E-state index in [4.69, 9.17) is 24.9 Å². The largest absolute Gasteiger partial charge is 0.501 e. The normalized spacial score (nSPS) is 12.9. The summed E-state index contributed by atoms with van der Waals surface area (Å²) in [5.74, 6) is 2.05. The van der Waals surface area contributed by atoms with Gasteiger partial charge in [0.25, 0.3) is 0 Å². The Bertz CT molecular complexity index is 204. The van der Waals surface area contributed by atoms with Crippen LogP contribution in [0.3, 0.4) is 0 Å². The average Bonchev–Trinajstić information content (AvgIpc) is 2.36. The van der Waals surface area contributed by atoms with E-state index in [0.717, 1.165) is 12.5 Å². The molecule has 0 spiro atoms. The molecule has 0 radical (unpaired) electrons. The molecule has 0 aromatic heterocycles. The predicted octanol–water partition coefficient (Wildman–Crippen LogP) is 4.57. The highest BCUT2D eigenvalue weighted by Gasteiger charge is 2.41. The first-order valence-corrected chi connectivity index (χ1v) is 10.3. The Morgan fingerprint density at radius 3 is 1.35 bits per heavy atom. The van der Waals surface area contributed by atoms with Crippen molar-refractivity contribution in [1.29, 1.82) is 0 Å². The summed E-state index contributed by atoms with van der Waals surface area (Å²) < 4.78 is 18.4. The van der Waals surface area contributed by atoms with Crippen LogP contribution in [0.15, 0.2) is 0 Å². The van der Waals surface area contributed by atoms with Crippen LogP contribution < -0.4 is 0 Å². The SMILES string of the molecule is CC(C)CO[Si](CCCCl)(OCC(C)C)OCC(C)C. The van der Waals surface area contributed by atoms with Gasteiger partial charge in [-0.2, -0.15) is 0 Å². The van der Waals surface area contributed by atoms with Crippen LogP contribution in [0, 0.1) is 17.8 Å². The van der Waals surface area contributed by atoms with Crippen molar-refractivity contribution in [2.75, 3.05) is 25.7 Å². The monoisotopic (exact) mass is 324 g/mol. The highest BCUT2D eigenvalue weighted by atomic mass is 35.5. The Morgan fingerprint density at radius 1 is 0.750 bits per heavy atom. The summed E-state index contributed by atoms with van der Waals surface area (Å²) in [6.07, 6.45) is 0.877. The van der Waals surface area contributed by atoms with E-state index < -0.39 is 8.80 Å². The van der Waals surface area contributed by atoms with Crippen LogP contribution in [0.25, 0.3) is 0 Å². The van der Waals surface area contributed by atoms with E-state index in [-0.39, 0.29) is 0 Å². The Hall–Kier alpha value is 0.387. The fraction of sp³-hybridized carbons (Fsp3) is 1.00. The van der Waals surface area contributed by atoms with Gasteiger partial charge < -0.3 is 13.3 Å². The Labute approximate surface area is 131 Å². The molecule has 0 N–H and O–H groups in total. The van der Waals surface area contributed by atoms with Crippen LogP contribution in [0.1, 0.15) is 48.0 Å². The molecule has 0 aliphatic rings. The van der Waals surface area contributed by atoms with Gasteiger partial charge >= 0.3 is 8.80 Å². The van der Waals surface area contributed by atoms with Crippen LogP contribution >= 0.6 is 11.6 Å². The van der Waals surface area contributed by atoms with Gasteiger partial charge in [-0.1, -0.05) is 41.5 Å². The lowest BCUT2D eigenvalue weighted by molar-refractivity contribution is 0.0367. The highest BCUT2D eigenvalue weighted by molar-refractivity contribution is 6.60. The molecule has 5 heteroatoms. The summed E-state index contributed by atoms with van der Waals surface area (Å²) in [6.45, 7) is 14.9. The molecule has 0 bridgehead atoms. The second kappa shape index (κ2) is 11.0. The summed E-state index contributed by atoms with van der Waals surface area (Å²) in [7, 11) is -2.59. The van der Waals surface area contributed by atoms with Crippen LogP contribution in [-0.2, 0) is 13.3 Å². The number of alkyl halides is 1. The maximum absolute atomic E-state index is 6.13. The topological polar surface area (TPSA) is 27.7 Å². The maximum Gasteiger partial charge on any atom is 0.501 e. The van der Waals surface area contributed by atoms with E-state index in [1.54, 1.807) is 0 Å². The second-order valence-electron chi connectivity index (χ2n) is 6.59. The third-order valence-electron chi connectivity index (χ3n) is 2.53. The lowest BCUT2D eigenvalue weighted by atomic mass is 10.2. The average molecular weight is 325 g/mol. The molecular weight excluding hydrogens is 292 g/mol. The van der Waals surface area contributed by atoms with E-state index in [9.17, 15) is 0 Å². The van der Waals surface area contributed by atoms with Crippen LogP contribution in [0.4, 0.5) is 0 Å². The number of halogens is 1. The molecule has 122 valence electrons. The first kappa shape index (κ1) is 20.4. The van der Waals surface area contributed by atoms with Gasteiger partial charge in [0.15, 0.2) is 0 Å². The molecule has 0 heterocycles. The number of rotatable bonds is 12. The summed E-state index contributed by atoms with van der Waals surface area (Å²) in [4.78, 5) is 0. The Morgan fingerprint density at radius 2 is 1.10 bits per heavy atom. The molecule has 0 saturated heterocycles. The van der Waals surface area contributed by atoms with Gasteiger partial charge in [-0.05, 0) is 24.2 Å². The summed E-state index contributed by atoms with van der Waals surface area (Å²) in [6, 6.07) is 0.808. The van der Waals surface area contributed by atoms with Crippen molar-refractivity contribution in [3.05, 3.63) is 0 Å². The van der Waals surface area contributed by atoms with Crippen molar-refractivity contribution >= 4 is 20.4 Å². The van der Waals surface area contributed by atoms with Crippen LogP contribution in [-0.4, -0.2) is 34.5 Å². The van der Waals surface area contributed by atoms with Gasteiger partial charge in [-0.15, -0.1) is 11.6 Å². The molecule has 0 saturated carbocycles. The smallest absolute Gasteiger partial charge is 0.373 e. The van der Waals surface area contributed by atoms with E-state index in [2.05, 4.69) is 41.5 Å². The van der Waals surface area contributed by atoms with Crippen molar-refractivity contribution in [1.82, 2.24) is 0 Å². The summed E-state index contributed by atoms with van der Waals surface area (Å²) >= 11 is 5.85. The van der Waals surface area contributed by atoms with Gasteiger partial charge in [0, 0.05) is 31.7 Å². The van der Waals surface area contributed by atoms with E-state index in [1.807, 2.05) is 0 Å². The molecule has 0 unspecified atom stereocenters. The number of hydrogen-bond acceptors (Lipinski definition) is 3. The van der Waals surface area contributed by atoms with E-state index in [0.29, 0.717) is 43.5 Å². The zero-order valence-corrected chi connectivity index (χ0v) is 15.8. The third kappa shape index (κ3) is 10.2. The molecule has 0 aliphatic heterocycles. The molecule has 0 rings (SSSR count). The van der Waals surface area contributed by atoms with Crippen LogP contribution in [0.5, 0.6) is 0 Å². The molecule has 0 atom stereocenters. The van der Waals surface area contributed by atoms with Crippen molar-refractivity contribution in [3.8, 4) is 0 Å². The van der Waals surface area contributed by atoms with Gasteiger partial charge in [-0.3, -0.25) is 0 Å². The lowest BCUT2D eigenvalue weighted by Gasteiger charge is -2.31. The van der Waals surface area contributed by atoms with E-state index >= 15 is 0 Å². The minimum Gasteiger partial charge on any atom is -0.373 e. The van der Waals surface area contributed by atoms with Gasteiger partial charge in [-0.25, -0.2) is 0 Å². The highest BCUT2D eigenvalue weighted by Crippen LogP contribution is 2.21. The minimum atomic E-state index is -2.59. The molecule has 0 aromatic rings. The van der Waals surface area contributed by atoms with Gasteiger partial charge in [0.2, 0.25) is 0 Å². The lowest BCUT2D eigenvalue weighted by Crippen LogP contribution is -2.48. The molecule has 0 amide bonds. The van der Waals surface area contributed by atoms with Crippen molar-refractivity contribution in [3.63, 3.8) is 0 Å². The zero-order chi connectivity index (χ0) is 15.6. The summed E-state index contributed by atoms with van der Waals surface area (Å²) in [5, 5.41) is 0. The first-order valence-electron chi connectivity index (χ1n) is 7.79. The molecule has 20 heavy (non-hydrogen) atoms. The third-order valence-corrected chi connectivity index (χ3v) is 5.58. The fourth-order valence-corrected chi connectivity index (χ4v) is 4.92. The second-order valence-corrected chi connectivity index (χ2v) is 9.70. The molecule has 3 nitrogen and oxygen atoms in total. The van der Waals surface area contributed by atoms with Crippen molar-refractivity contribution in [2.45, 2.75) is 54.0 Å². The van der Waals surface area contributed by atoms with Crippen molar-refractivity contribution < 1.29 is 13.3 Å². The fourth-order valence-electron chi connectivity index (χ4n) is 1.51. The quantitative estimate of drug-likeness (QED) is 0.388. The molecule has 0 fully saturated rings. The minimum absolute atomic E-state index is 0.475. The molecule has 0 aromatic carbocycles. The van der Waals surface area contributed by atoms with Crippen molar-refractivity contribution in [2.24, 2.45) is 17.8 Å². The van der Waals surface area contributed by atoms with E-state index in [1.165, 1.54) is 0 Å². The van der Waals surface area contributed by atoms with Gasteiger partial charge in [0.05, 0.1) is 0 Å². The first-order chi connectivity index (χ1) is 9.31. The number of hydrogen-bond donors (Lipinski definition) is 0. The Kier molecular flexibility index (Phi) is 11.2. The maximum atomic E-state index is 6.13. The molecular formula is C15H33ClO3Si. The Balaban J connectivity index is 4.74. The predicted molar refractivity (Wildman–Crippen MR) is 88.3 cm³/mol. The molecule has 0 aliphatic carbocycles. The van der Waals surface area contributed by atoms with Crippen LogP contribution in [0.2, 0.25) is 6.04 Å². The zero-order valence-electron chi connectivity index (χ0n) is 14.1. The standard InChI is InChI=1S/C15H33ClO3Si/c1-13(2)10-17-20(9-7-8-16,18-11-14(3)4)19-12-15(5)6/h13-15H,7-12H2,1-6H3.